The molecule has 0 saturated carbocycles. The van der Waals surface area contributed by atoms with Crippen molar-refractivity contribution in [1.82, 2.24) is 0 Å². The molecule has 0 amide bonds. The van der Waals surface area contributed by atoms with Crippen molar-refractivity contribution in [2.45, 2.75) is 75.9 Å². The molecule has 15 heteroatoms. The van der Waals surface area contributed by atoms with Crippen molar-refractivity contribution in [1.29, 1.82) is 0 Å². The van der Waals surface area contributed by atoms with E-state index in [1.54, 1.807) is 6.92 Å². The van der Waals surface area contributed by atoms with Gasteiger partial charge in [-0.1, -0.05) is 0 Å². The van der Waals surface area contributed by atoms with Gasteiger partial charge < -0.3 is 0 Å². The molecule has 0 saturated heterocycles. The Morgan fingerprint density at radius 2 is 0.867 bits per heavy atom. The van der Waals surface area contributed by atoms with Gasteiger partial charge in [-0.2, -0.15) is 0 Å². The molecule has 45 heavy (non-hydrogen) atoms. The van der Waals surface area contributed by atoms with Crippen LogP contribution in [0.2, 0.25) is 0 Å². The quantitative estimate of drug-likeness (QED) is 0.203. The van der Waals surface area contributed by atoms with Crippen LogP contribution >= 0.6 is 7.06 Å². The maximum atomic E-state index is 15.1. The Hall–Kier alpha value is -2.83. The van der Waals surface area contributed by atoms with Gasteiger partial charge in [-0.05, 0) is 0 Å². The van der Waals surface area contributed by atoms with Crippen LogP contribution in [0.3, 0.4) is 0 Å². The molecular weight excluding hydrogens is 651 g/mol. The van der Waals surface area contributed by atoms with Crippen LogP contribution in [0.4, 0.5) is 52.7 Å². The molecule has 0 fully saturated rings. The van der Waals surface area contributed by atoms with Crippen LogP contribution in [0.25, 0.3) is 0 Å². The molecule has 1 spiro atoms. The molecule has 2 aliphatic rings. The zero-order valence-corrected chi connectivity index (χ0v) is 24.6. The number of hydrogen-bond donors (Lipinski definition) is 0. The molecular formula is C30H25F12O2P. The minimum atomic E-state index is -7.05. The average molecular weight is 676 g/mol. The second kappa shape index (κ2) is 9.84. The first kappa shape index (κ1) is 33.5. The number of aryl methyl sites for hydroxylation is 3. The molecule has 2 aliphatic heterocycles. The summed E-state index contributed by atoms with van der Waals surface area (Å²) < 4.78 is 192. The first-order chi connectivity index (χ1) is 20.6. The van der Waals surface area contributed by atoms with Gasteiger partial charge in [0.2, 0.25) is 0 Å². The maximum absolute atomic E-state index is 15.1. The summed E-state index contributed by atoms with van der Waals surface area (Å²) in [4.78, 5) is 0. The van der Waals surface area contributed by atoms with E-state index in [4.69, 9.17) is 9.05 Å². The average Bonchev–Trinajstić information content (AvgIpc) is 3.40. The third kappa shape index (κ3) is 3.91. The fourth-order valence-electron chi connectivity index (χ4n) is 6.79. The SMILES string of the molecule is CCc1cc(CC)c(P23(OC(C(F)(F)F)(C(F)(F)F)c4ccccc42)OC(C(F)(F)F)(C(F)(F)F)c2ccccc23)c(CC)c1. The molecule has 0 atom stereocenters. The topological polar surface area (TPSA) is 18.5 Å². The molecule has 2 heterocycles. The Bertz CT molecular complexity index is 1510. The van der Waals surface area contributed by atoms with Gasteiger partial charge in [-0.3, -0.25) is 0 Å². The summed E-state index contributed by atoms with van der Waals surface area (Å²) in [5.41, 5.74) is -13.8. The minimum absolute atomic E-state index is 0.103. The van der Waals surface area contributed by atoms with Crippen LogP contribution in [0.15, 0.2) is 60.7 Å². The predicted octanol–water partition coefficient (Wildman–Crippen LogP) is 8.73. The number of benzene rings is 3. The summed E-state index contributed by atoms with van der Waals surface area (Å²) in [6.45, 7) is 4.54. The molecule has 0 aromatic heterocycles. The van der Waals surface area contributed by atoms with Gasteiger partial charge >= 0.3 is 249 Å². The molecule has 5 rings (SSSR count). The van der Waals surface area contributed by atoms with E-state index in [1.807, 2.05) is 0 Å². The van der Waals surface area contributed by atoms with Crippen molar-refractivity contribution in [3.63, 3.8) is 0 Å². The van der Waals surface area contributed by atoms with E-state index < -0.39 is 70.0 Å². The van der Waals surface area contributed by atoms with Crippen LogP contribution in [-0.2, 0) is 39.5 Å². The Morgan fingerprint density at radius 1 is 0.533 bits per heavy atom. The first-order valence-electron chi connectivity index (χ1n) is 13.7. The van der Waals surface area contributed by atoms with Crippen LogP contribution < -0.4 is 15.9 Å². The van der Waals surface area contributed by atoms with Crippen LogP contribution in [0.5, 0.6) is 0 Å². The van der Waals surface area contributed by atoms with Crippen LogP contribution in [0.1, 0.15) is 48.6 Å². The van der Waals surface area contributed by atoms with Crippen molar-refractivity contribution < 1.29 is 61.7 Å². The standard InChI is InChI=1S/C30H25F12O2P/c1-4-17-15-18(5-2)24(19(6-3)16-17)45(22-13-9-7-11-20(22)25(43-45,27(31,32)33)28(34,35)36)23-14-10-8-12-21(23)26(44-45,29(37,38)39)30(40,41)42/h7-16H,4-6H2,1-3H3. The summed E-state index contributed by atoms with van der Waals surface area (Å²) in [6.07, 6.45) is -25.8. The summed E-state index contributed by atoms with van der Waals surface area (Å²) in [6, 6.07) is 8.14. The van der Waals surface area contributed by atoms with Crippen molar-refractivity contribution in [2.24, 2.45) is 0 Å². The molecule has 0 aliphatic carbocycles. The van der Waals surface area contributed by atoms with E-state index >= 15 is 52.7 Å². The van der Waals surface area contributed by atoms with E-state index in [9.17, 15) is 0 Å². The molecule has 2 nitrogen and oxygen atoms in total. The predicted molar refractivity (Wildman–Crippen MR) is 143 cm³/mol. The van der Waals surface area contributed by atoms with Gasteiger partial charge in [0.05, 0.1) is 0 Å². The summed E-state index contributed by atoms with van der Waals surface area (Å²) >= 11 is 0. The summed E-state index contributed by atoms with van der Waals surface area (Å²) in [5.74, 6) is 0. The van der Waals surface area contributed by atoms with Gasteiger partial charge in [0.15, 0.2) is 0 Å². The van der Waals surface area contributed by atoms with Gasteiger partial charge in [0.25, 0.3) is 0 Å². The summed E-state index contributed by atoms with van der Waals surface area (Å²) in [7, 11) is -7.05. The fraction of sp³-hybridized carbons (Fsp3) is 0.400. The number of rotatable bonds is 4. The number of fused-ring (bicyclic) bond motifs is 4. The van der Waals surface area contributed by atoms with E-state index in [0.29, 0.717) is 29.8 Å². The zero-order chi connectivity index (χ0) is 33.7. The van der Waals surface area contributed by atoms with E-state index in [0.717, 1.165) is 24.3 Å². The summed E-state index contributed by atoms with van der Waals surface area (Å²) in [5, 5.41) is -3.02. The van der Waals surface area contributed by atoms with Gasteiger partial charge in [0.1, 0.15) is 0 Å². The zero-order valence-electron chi connectivity index (χ0n) is 23.7. The van der Waals surface area contributed by atoms with Gasteiger partial charge in [-0.15, -0.1) is 0 Å². The fourth-order valence-corrected chi connectivity index (χ4v) is 13.3. The van der Waals surface area contributed by atoms with E-state index in [1.165, 1.54) is 26.0 Å². The molecule has 0 bridgehead atoms. The van der Waals surface area contributed by atoms with Gasteiger partial charge in [0, 0.05) is 0 Å². The van der Waals surface area contributed by atoms with E-state index in [2.05, 4.69) is 0 Å². The number of hydrogen-bond acceptors (Lipinski definition) is 2. The Kier molecular flexibility index (Phi) is 7.33. The van der Waals surface area contributed by atoms with Crippen molar-refractivity contribution in [3.05, 3.63) is 88.5 Å². The second-order valence-corrected chi connectivity index (χ2v) is 14.5. The van der Waals surface area contributed by atoms with Crippen molar-refractivity contribution in [3.8, 4) is 0 Å². The third-order valence-electron chi connectivity index (χ3n) is 8.56. The van der Waals surface area contributed by atoms with E-state index in [-0.39, 0.29) is 30.4 Å². The number of alkyl halides is 12. The molecule has 3 aromatic carbocycles. The first-order valence-corrected chi connectivity index (χ1v) is 15.8. The van der Waals surface area contributed by atoms with Crippen LogP contribution in [0, 0.1) is 0 Å². The van der Waals surface area contributed by atoms with Gasteiger partial charge in [-0.25, -0.2) is 0 Å². The Morgan fingerprint density at radius 3 is 1.16 bits per heavy atom. The molecule has 0 N–H and O–H groups in total. The second-order valence-electron chi connectivity index (χ2n) is 10.9. The van der Waals surface area contributed by atoms with Crippen molar-refractivity contribution in [2.75, 3.05) is 0 Å². The third-order valence-corrected chi connectivity index (χ3v) is 13.7. The molecule has 246 valence electrons. The molecule has 0 radical (unpaired) electrons. The Balaban J connectivity index is 2.20. The molecule has 3 aromatic rings. The molecule has 0 unspecified atom stereocenters. The van der Waals surface area contributed by atoms with Crippen molar-refractivity contribution >= 4 is 23.0 Å². The number of halogens is 12. The monoisotopic (exact) mass is 676 g/mol. The van der Waals surface area contributed by atoms with Crippen LogP contribution in [-0.4, -0.2) is 24.7 Å². The normalized spacial score (nSPS) is 20.8. The Labute approximate surface area is 249 Å².